The van der Waals surface area contributed by atoms with Gasteiger partial charge in [0.25, 0.3) is 0 Å². The number of hydrogen-bond acceptors (Lipinski definition) is 1. The van der Waals surface area contributed by atoms with Gasteiger partial charge in [-0.2, -0.15) is 8.78 Å². The van der Waals surface area contributed by atoms with E-state index in [0.717, 1.165) is 48.7 Å². The van der Waals surface area contributed by atoms with Crippen LogP contribution in [-0.4, -0.2) is 0 Å². The van der Waals surface area contributed by atoms with E-state index in [0.29, 0.717) is 11.6 Å². The summed E-state index contributed by atoms with van der Waals surface area (Å²) in [6, 6.07) is 11.6. The molecule has 1 nitrogen and oxygen atoms in total. The van der Waals surface area contributed by atoms with Crippen LogP contribution in [0.1, 0.15) is 24.5 Å². The molecule has 0 aliphatic heterocycles. The summed E-state index contributed by atoms with van der Waals surface area (Å²) < 4.78 is 104. The van der Waals surface area contributed by atoms with Gasteiger partial charge < -0.3 is 4.74 Å². The molecule has 0 aliphatic carbocycles. The Kier molecular flexibility index (Phi) is 6.25. The highest BCUT2D eigenvalue weighted by atomic mass is 19.3. The minimum Gasteiger partial charge on any atom is -0.429 e. The molecule has 34 heavy (non-hydrogen) atoms. The van der Waals surface area contributed by atoms with Crippen LogP contribution in [0.3, 0.4) is 0 Å². The maximum Gasteiger partial charge on any atom is 0.432 e. The number of rotatable bonds is 6. The van der Waals surface area contributed by atoms with Gasteiger partial charge in [-0.05, 0) is 64.9 Å². The molecule has 0 aromatic heterocycles. The quantitative estimate of drug-likeness (QED) is 0.200. The highest BCUT2D eigenvalue weighted by Gasteiger charge is 2.41. The highest BCUT2D eigenvalue weighted by Crippen LogP contribution is 2.38. The van der Waals surface area contributed by atoms with Gasteiger partial charge in [0.15, 0.2) is 17.5 Å². The largest absolute Gasteiger partial charge is 0.432 e. The van der Waals surface area contributed by atoms with Gasteiger partial charge in [-0.15, -0.1) is 0 Å². The molecule has 0 spiro atoms. The molecular weight excluding hydrogens is 461 g/mol. The van der Waals surface area contributed by atoms with Crippen LogP contribution in [0.4, 0.5) is 30.7 Å². The van der Waals surface area contributed by atoms with Crippen molar-refractivity contribution >= 4 is 10.8 Å². The fraction of sp³-hybridized carbons (Fsp3) is 0.154. The average Bonchev–Trinajstić information content (AvgIpc) is 2.77. The third-order valence-corrected chi connectivity index (χ3v) is 5.35. The van der Waals surface area contributed by atoms with Crippen molar-refractivity contribution in [3.63, 3.8) is 0 Å². The molecule has 4 aromatic rings. The molecule has 0 amide bonds. The van der Waals surface area contributed by atoms with Crippen molar-refractivity contribution in [1.82, 2.24) is 0 Å². The Morgan fingerprint density at radius 1 is 0.706 bits per heavy atom. The van der Waals surface area contributed by atoms with Crippen LogP contribution in [0, 0.1) is 29.1 Å². The van der Waals surface area contributed by atoms with E-state index in [1.54, 1.807) is 24.3 Å². The van der Waals surface area contributed by atoms with Crippen molar-refractivity contribution in [2.24, 2.45) is 0 Å². The second-order valence-electron chi connectivity index (χ2n) is 7.75. The Morgan fingerprint density at radius 2 is 1.35 bits per heavy atom. The summed E-state index contributed by atoms with van der Waals surface area (Å²) >= 11 is 0. The van der Waals surface area contributed by atoms with E-state index in [-0.39, 0.29) is 16.3 Å². The third-order valence-electron chi connectivity index (χ3n) is 5.35. The molecule has 0 unspecified atom stereocenters. The lowest BCUT2D eigenvalue weighted by molar-refractivity contribution is -0.189. The second-order valence-corrected chi connectivity index (χ2v) is 7.75. The van der Waals surface area contributed by atoms with E-state index in [4.69, 9.17) is 0 Å². The highest BCUT2D eigenvalue weighted by molar-refractivity contribution is 5.84. The molecule has 0 saturated heterocycles. The number of hydrogen-bond donors (Lipinski definition) is 0. The van der Waals surface area contributed by atoms with E-state index in [1.165, 1.54) is 0 Å². The van der Waals surface area contributed by atoms with Gasteiger partial charge >= 0.3 is 6.11 Å². The van der Waals surface area contributed by atoms with Crippen LogP contribution >= 0.6 is 0 Å². The van der Waals surface area contributed by atoms with Crippen molar-refractivity contribution in [3.8, 4) is 16.9 Å². The van der Waals surface area contributed by atoms with Gasteiger partial charge in [-0.25, -0.2) is 22.0 Å². The first-order valence-corrected chi connectivity index (χ1v) is 10.3. The maximum absolute atomic E-state index is 14.7. The lowest BCUT2D eigenvalue weighted by atomic mass is 10.00. The van der Waals surface area contributed by atoms with Crippen molar-refractivity contribution < 1.29 is 35.5 Å². The Hall–Kier alpha value is -3.55. The first-order valence-electron chi connectivity index (χ1n) is 10.3. The number of halogens is 7. The third kappa shape index (κ3) is 4.44. The number of aryl methyl sites for hydroxylation is 1. The molecule has 0 N–H and O–H groups in total. The number of fused-ring (bicyclic) bond motifs is 1. The summed E-state index contributed by atoms with van der Waals surface area (Å²) in [5.74, 6) is -8.42. The van der Waals surface area contributed by atoms with E-state index in [2.05, 4.69) is 4.74 Å². The first-order chi connectivity index (χ1) is 16.1. The SMILES string of the molecule is CCCc1ccc(-c2cc(F)c(C(F)(F)Oc3ccc4c(F)c(F)c(F)cc4c3)c(F)c2)cc1. The Labute approximate surface area is 190 Å². The fourth-order valence-corrected chi connectivity index (χ4v) is 3.72. The van der Waals surface area contributed by atoms with E-state index in [9.17, 15) is 30.7 Å². The number of ether oxygens (including phenoxy) is 1. The summed E-state index contributed by atoms with van der Waals surface area (Å²) in [6.45, 7) is 2.01. The van der Waals surface area contributed by atoms with Crippen LogP contribution in [0.5, 0.6) is 5.75 Å². The summed E-state index contributed by atoms with van der Waals surface area (Å²) in [5.41, 5.74) is -0.0763. The lowest BCUT2D eigenvalue weighted by Crippen LogP contribution is -2.25. The van der Waals surface area contributed by atoms with Gasteiger partial charge in [-0.3, -0.25) is 0 Å². The number of benzene rings is 4. The van der Waals surface area contributed by atoms with Crippen molar-refractivity contribution in [2.45, 2.75) is 25.9 Å². The minimum atomic E-state index is -4.46. The van der Waals surface area contributed by atoms with Gasteiger partial charge in [0.1, 0.15) is 22.9 Å². The monoisotopic (exact) mass is 478 g/mol. The fourth-order valence-electron chi connectivity index (χ4n) is 3.72. The first kappa shape index (κ1) is 23.6. The van der Waals surface area contributed by atoms with Crippen molar-refractivity contribution in [1.29, 1.82) is 0 Å². The van der Waals surface area contributed by atoms with Crippen LogP contribution in [-0.2, 0) is 12.5 Å². The molecule has 0 fully saturated rings. The molecule has 0 saturated carbocycles. The number of alkyl halides is 2. The summed E-state index contributed by atoms with van der Waals surface area (Å²) in [5, 5.41) is -0.645. The zero-order chi connectivity index (χ0) is 24.6. The van der Waals surface area contributed by atoms with Gasteiger partial charge in [-0.1, -0.05) is 37.6 Å². The van der Waals surface area contributed by atoms with Gasteiger partial charge in [0.05, 0.1) is 0 Å². The molecule has 4 aromatic carbocycles. The molecule has 4 rings (SSSR count). The summed E-state index contributed by atoms with van der Waals surface area (Å²) in [7, 11) is 0. The summed E-state index contributed by atoms with van der Waals surface area (Å²) in [6.07, 6.45) is -2.71. The molecule has 0 atom stereocenters. The molecule has 0 bridgehead atoms. The lowest BCUT2D eigenvalue weighted by Gasteiger charge is -2.20. The topological polar surface area (TPSA) is 9.23 Å². The predicted molar refractivity (Wildman–Crippen MR) is 114 cm³/mol. The molecule has 8 heteroatoms. The molecular formula is C26H17F7O. The smallest absolute Gasteiger partial charge is 0.429 e. The van der Waals surface area contributed by atoms with E-state index >= 15 is 0 Å². The molecule has 176 valence electrons. The minimum absolute atomic E-state index is 0.0660. The van der Waals surface area contributed by atoms with Crippen LogP contribution < -0.4 is 4.74 Å². The molecule has 0 heterocycles. The van der Waals surface area contributed by atoms with Crippen LogP contribution in [0.25, 0.3) is 21.9 Å². The van der Waals surface area contributed by atoms with Crippen molar-refractivity contribution in [2.75, 3.05) is 0 Å². The van der Waals surface area contributed by atoms with Crippen LogP contribution in [0.2, 0.25) is 0 Å². The van der Waals surface area contributed by atoms with Crippen molar-refractivity contribution in [3.05, 3.63) is 101 Å². The normalized spacial score (nSPS) is 11.8. The Balaban J connectivity index is 1.66. The van der Waals surface area contributed by atoms with Crippen LogP contribution in [0.15, 0.2) is 60.7 Å². The average molecular weight is 478 g/mol. The molecule has 0 radical (unpaired) electrons. The summed E-state index contributed by atoms with van der Waals surface area (Å²) in [4.78, 5) is 0. The van der Waals surface area contributed by atoms with E-state index in [1.807, 2.05) is 6.92 Å². The maximum atomic E-state index is 14.7. The van der Waals surface area contributed by atoms with Gasteiger partial charge in [0.2, 0.25) is 0 Å². The van der Waals surface area contributed by atoms with Gasteiger partial charge in [0, 0.05) is 5.39 Å². The molecule has 0 aliphatic rings. The Bertz CT molecular complexity index is 1340. The predicted octanol–water partition coefficient (Wildman–Crippen LogP) is 8.28. The van der Waals surface area contributed by atoms with E-state index < -0.39 is 46.5 Å². The second kappa shape index (κ2) is 9.00. The standard InChI is InChI=1S/C26H17F7O/c1-2-3-14-4-6-15(7-5-14)16-11-20(27)23(21(28)12-16)26(32,33)34-18-8-9-19-17(10-18)13-22(29)25(31)24(19)30/h4-13H,2-3H2,1H3. The zero-order valence-corrected chi connectivity index (χ0v) is 17.7. The Morgan fingerprint density at radius 3 is 1.97 bits per heavy atom. The zero-order valence-electron chi connectivity index (χ0n) is 17.7.